The molecule has 1 aromatic heterocycles. The van der Waals surface area contributed by atoms with Gasteiger partial charge in [0, 0.05) is 12.6 Å². The van der Waals surface area contributed by atoms with Crippen LogP contribution in [0.1, 0.15) is 24.2 Å². The molecular weight excluding hydrogens is 210 g/mol. The number of para-hydroxylation sites is 1. The normalized spacial score (nSPS) is 20.2. The van der Waals surface area contributed by atoms with Crippen LogP contribution in [0, 0.1) is 13.8 Å². The summed E-state index contributed by atoms with van der Waals surface area (Å²) in [7, 11) is 0. The van der Waals surface area contributed by atoms with Gasteiger partial charge in [0.15, 0.2) is 0 Å². The Morgan fingerprint density at radius 3 is 3.06 bits per heavy atom. The number of fused-ring (bicyclic) bond motifs is 1. The Morgan fingerprint density at radius 2 is 2.29 bits per heavy atom. The Kier molecular flexibility index (Phi) is 2.63. The highest BCUT2D eigenvalue weighted by molar-refractivity contribution is 5.79. The zero-order valence-corrected chi connectivity index (χ0v) is 10.5. The lowest BCUT2D eigenvalue weighted by Crippen LogP contribution is -2.27. The average molecular weight is 229 g/mol. The molecule has 1 unspecified atom stereocenters. The van der Waals surface area contributed by atoms with Gasteiger partial charge < -0.3 is 9.88 Å². The molecule has 1 atom stereocenters. The molecule has 1 fully saturated rings. The molecule has 0 saturated carbocycles. The minimum atomic E-state index is 0.617. The van der Waals surface area contributed by atoms with Crippen LogP contribution in [0.25, 0.3) is 11.0 Å². The first kappa shape index (κ1) is 10.8. The van der Waals surface area contributed by atoms with Crippen LogP contribution in [0.2, 0.25) is 0 Å². The molecule has 1 aliphatic rings. The summed E-state index contributed by atoms with van der Waals surface area (Å²) in [6, 6.07) is 7.05. The van der Waals surface area contributed by atoms with E-state index >= 15 is 0 Å². The number of hydrogen-bond donors (Lipinski definition) is 1. The Labute approximate surface area is 102 Å². The van der Waals surface area contributed by atoms with E-state index in [2.05, 4.69) is 46.9 Å². The third-order valence-corrected chi connectivity index (χ3v) is 3.74. The number of imidazole rings is 1. The second-order valence-electron chi connectivity index (χ2n) is 5.01. The Morgan fingerprint density at radius 1 is 1.41 bits per heavy atom. The van der Waals surface area contributed by atoms with E-state index in [0.717, 1.165) is 24.4 Å². The highest BCUT2D eigenvalue weighted by Gasteiger charge is 2.17. The molecular formula is C14H19N3. The highest BCUT2D eigenvalue weighted by Crippen LogP contribution is 2.20. The van der Waals surface area contributed by atoms with Crippen LogP contribution in [0.3, 0.4) is 0 Å². The molecule has 0 spiro atoms. The largest absolute Gasteiger partial charge is 0.327 e. The fraction of sp³-hybridized carbons (Fsp3) is 0.500. The van der Waals surface area contributed by atoms with E-state index in [9.17, 15) is 0 Å². The van der Waals surface area contributed by atoms with Gasteiger partial charge in [0.1, 0.15) is 5.82 Å². The second-order valence-corrected chi connectivity index (χ2v) is 5.01. The van der Waals surface area contributed by atoms with E-state index in [1.54, 1.807) is 0 Å². The van der Waals surface area contributed by atoms with Gasteiger partial charge in [-0.2, -0.15) is 0 Å². The van der Waals surface area contributed by atoms with Crippen molar-refractivity contribution in [3.05, 3.63) is 29.6 Å². The minimum absolute atomic E-state index is 0.617. The molecule has 3 nitrogen and oxygen atoms in total. The molecule has 0 aliphatic carbocycles. The first-order valence-corrected chi connectivity index (χ1v) is 6.41. The Hall–Kier alpha value is -1.35. The fourth-order valence-electron chi connectivity index (χ4n) is 2.77. The molecule has 0 radical (unpaired) electrons. The minimum Gasteiger partial charge on any atom is -0.327 e. The van der Waals surface area contributed by atoms with Crippen LogP contribution in [-0.4, -0.2) is 22.1 Å². The van der Waals surface area contributed by atoms with E-state index in [0.29, 0.717) is 6.04 Å². The zero-order valence-electron chi connectivity index (χ0n) is 10.5. The SMILES string of the molecule is Cc1cccc2c1nc(C)n2CC1CCCN1. The summed E-state index contributed by atoms with van der Waals surface area (Å²) in [6.45, 7) is 6.45. The van der Waals surface area contributed by atoms with E-state index < -0.39 is 0 Å². The average Bonchev–Trinajstić information content (AvgIpc) is 2.91. The quantitative estimate of drug-likeness (QED) is 0.857. The van der Waals surface area contributed by atoms with Crippen molar-refractivity contribution >= 4 is 11.0 Å². The summed E-state index contributed by atoms with van der Waals surface area (Å²) >= 11 is 0. The lowest BCUT2D eigenvalue weighted by Gasteiger charge is -2.13. The third-order valence-electron chi connectivity index (χ3n) is 3.74. The van der Waals surface area contributed by atoms with Gasteiger partial charge in [-0.25, -0.2) is 4.98 Å². The first-order chi connectivity index (χ1) is 8.25. The maximum atomic E-state index is 4.69. The smallest absolute Gasteiger partial charge is 0.106 e. The van der Waals surface area contributed by atoms with Crippen LogP contribution in [0.5, 0.6) is 0 Å². The molecule has 3 heteroatoms. The molecule has 0 bridgehead atoms. The van der Waals surface area contributed by atoms with Crippen LogP contribution in [0.15, 0.2) is 18.2 Å². The molecule has 1 saturated heterocycles. The van der Waals surface area contributed by atoms with Gasteiger partial charge in [-0.15, -0.1) is 0 Å². The van der Waals surface area contributed by atoms with Crippen LogP contribution in [0.4, 0.5) is 0 Å². The Bertz CT molecular complexity index is 536. The van der Waals surface area contributed by atoms with Gasteiger partial charge in [0.25, 0.3) is 0 Å². The van der Waals surface area contributed by atoms with Crippen LogP contribution in [-0.2, 0) is 6.54 Å². The molecule has 90 valence electrons. The highest BCUT2D eigenvalue weighted by atomic mass is 15.1. The van der Waals surface area contributed by atoms with E-state index in [4.69, 9.17) is 0 Å². The van der Waals surface area contributed by atoms with Gasteiger partial charge in [-0.05, 0) is 44.9 Å². The molecule has 1 aromatic carbocycles. The van der Waals surface area contributed by atoms with Gasteiger partial charge in [0.05, 0.1) is 11.0 Å². The van der Waals surface area contributed by atoms with Gasteiger partial charge in [-0.3, -0.25) is 0 Å². The maximum Gasteiger partial charge on any atom is 0.106 e. The van der Waals surface area contributed by atoms with Crippen molar-refractivity contribution in [1.29, 1.82) is 0 Å². The molecule has 1 N–H and O–H groups in total. The van der Waals surface area contributed by atoms with Gasteiger partial charge in [0.2, 0.25) is 0 Å². The number of aromatic nitrogens is 2. The monoisotopic (exact) mass is 229 g/mol. The summed E-state index contributed by atoms with van der Waals surface area (Å²) in [5, 5.41) is 3.55. The second kappa shape index (κ2) is 4.15. The van der Waals surface area contributed by atoms with E-state index in [1.165, 1.54) is 23.9 Å². The summed E-state index contributed by atoms with van der Waals surface area (Å²) in [5.41, 5.74) is 3.70. The third kappa shape index (κ3) is 1.84. The standard InChI is InChI=1S/C14H19N3/c1-10-5-3-7-13-14(10)16-11(2)17(13)9-12-6-4-8-15-12/h3,5,7,12,15H,4,6,8-9H2,1-2H3. The molecule has 17 heavy (non-hydrogen) atoms. The van der Waals surface area contributed by atoms with Crippen LogP contribution >= 0.6 is 0 Å². The lowest BCUT2D eigenvalue weighted by molar-refractivity contribution is 0.510. The predicted molar refractivity (Wildman–Crippen MR) is 70.2 cm³/mol. The van der Waals surface area contributed by atoms with Gasteiger partial charge >= 0.3 is 0 Å². The predicted octanol–water partition coefficient (Wildman–Crippen LogP) is 2.41. The number of rotatable bonds is 2. The molecule has 2 aromatic rings. The van der Waals surface area contributed by atoms with Crippen LogP contribution < -0.4 is 5.32 Å². The van der Waals surface area contributed by atoms with Crippen molar-refractivity contribution in [3.8, 4) is 0 Å². The summed E-state index contributed by atoms with van der Waals surface area (Å²) < 4.78 is 2.35. The van der Waals surface area contributed by atoms with Gasteiger partial charge in [-0.1, -0.05) is 12.1 Å². The fourth-order valence-corrected chi connectivity index (χ4v) is 2.77. The maximum absolute atomic E-state index is 4.69. The molecule has 1 aliphatic heterocycles. The molecule has 3 rings (SSSR count). The summed E-state index contributed by atoms with van der Waals surface area (Å²) in [6.07, 6.45) is 2.58. The first-order valence-electron chi connectivity index (χ1n) is 6.41. The number of nitrogens with zero attached hydrogens (tertiary/aromatic N) is 2. The summed E-state index contributed by atoms with van der Waals surface area (Å²) in [5.74, 6) is 1.13. The van der Waals surface area contributed by atoms with Crippen molar-refractivity contribution in [2.75, 3.05) is 6.54 Å². The zero-order chi connectivity index (χ0) is 11.8. The van der Waals surface area contributed by atoms with Crippen molar-refractivity contribution in [3.63, 3.8) is 0 Å². The summed E-state index contributed by atoms with van der Waals surface area (Å²) in [4.78, 5) is 4.69. The number of hydrogen-bond acceptors (Lipinski definition) is 2. The van der Waals surface area contributed by atoms with Crippen molar-refractivity contribution in [1.82, 2.24) is 14.9 Å². The van der Waals surface area contributed by atoms with Crippen molar-refractivity contribution in [2.24, 2.45) is 0 Å². The topological polar surface area (TPSA) is 29.9 Å². The number of aryl methyl sites for hydroxylation is 2. The molecule has 0 amide bonds. The lowest BCUT2D eigenvalue weighted by atomic mass is 10.2. The number of nitrogens with one attached hydrogen (secondary N) is 1. The number of benzene rings is 1. The van der Waals surface area contributed by atoms with Crippen molar-refractivity contribution < 1.29 is 0 Å². The molecule has 2 heterocycles. The van der Waals surface area contributed by atoms with Crippen molar-refractivity contribution in [2.45, 2.75) is 39.3 Å². The van der Waals surface area contributed by atoms with E-state index in [1.807, 2.05) is 0 Å². The Balaban J connectivity index is 2.02. The van der Waals surface area contributed by atoms with E-state index in [-0.39, 0.29) is 0 Å².